The Labute approximate surface area is 141 Å². The van der Waals surface area contributed by atoms with Crippen LogP contribution in [0.5, 0.6) is 0 Å². The van der Waals surface area contributed by atoms with Gasteiger partial charge in [-0.25, -0.2) is 4.79 Å². The summed E-state index contributed by atoms with van der Waals surface area (Å²) < 4.78 is 1.63. The van der Waals surface area contributed by atoms with Crippen molar-refractivity contribution in [2.45, 2.75) is 6.54 Å². The molecule has 0 atom stereocenters. The third kappa shape index (κ3) is 5.33. The van der Waals surface area contributed by atoms with Crippen molar-refractivity contribution in [1.82, 2.24) is 0 Å². The molecule has 1 N–H and O–H groups in total. The van der Waals surface area contributed by atoms with Crippen LogP contribution in [0.1, 0.15) is 11.1 Å². The maximum atomic E-state index is 10.6. The maximum absolute atomic E-state index is 10.6. The lowest BCUT2D eigenvalue weighted by Gasteiger charge is -2.11. The van der Waals surface area contributed by atoms with Crippen LogP contribution < -0.4 is 26.4 Å². The predicted octanol–water partition coefficient (Wildman–Crippen LogP) is -0.701. The van der Waals surface area contributed by atoms with Crippen LogP contribution in [0, 0.1) is 0 Å². The van der Waals surface area contributed by atoms with Crippen LogP contribution in [0.15, 0.2) is 48.8 Å². The van der Waals surface area contributed by atoms with Crippen molar-refractivity contribution in [3.05, 3.63) is 59.9 Å². The van der Waals surface area contributed by atoms with E-state index in [1.165, 1.54) is 5.69 Å². The molecule has 0 saturated carbocycles. The Bertz CT molecular complexity index is 635. The second-order valence-electron chi connectivity index (χ2n) is 5.02. The Balaban J connectivity index is 0.00000242. The van der Waals surface area contributed by atoms with E-state index in [9.17, 15) is 4.79 Å². The van der Waals surface area contributed by atoms with Crippen molar-refractivity contribution in [2.75, 3.05) is 19.0 Å². The van der Waals surface area contributed by atoms with Gasteiger partial charge in [0.2, 0.25) is 6.54 Å². The summed E-state index contributed by atoms with van der Waals surface area (Å²) in [4.78, 5) is 12.7. The van der Waals surface area contributed by atoms with Crippen LogP contribution in [0.2, 0.25) is 0 Å². The first kappa shape index (κ1) is 17.9. The Morgan fingerprint density at radius 2 is 1.55 bits per heavy atom. The molecular formula is C17H19BrN2O2. The van der Waals surface area contributed by atoms with Crippen LogP contribution in [-0.4, -0.2) is 25.2 Å². The summed E-state index contributed by atoms with van der Waals surface area (Å²) in [6.07, 6.45) is 7.58. The Hall–Kier alpha value is -2.14. The van der Waals surface area contributed by atoms with Gasteiger partial charge in [0.15, 0.2) is 12.4 Å². The molecular weight excluding hydrogens is 344 g/mol. The molecule has 1 aromatic carbocycles. The highest BCUT2D eigenvalue weighted by molar-refractivity contribution is 5.70. The van der Waals surface area contributed by atoms with Gasteiger partial charge < -0.3 is 27.0 Å². The highest BCUT2D eigenvalue weighted by Gasteiger charge is 2.05. The first-order valence-electron chi connectivity index (χ1n) is 6.71. The third-order valence-corrected chi connectivity index (χ3v) is 3.11. The van der Waals surface area contributed by atoms with Gasteiger partial charge in [-0.1, -0.05) is 24.3 Å². The number of carboxylic acid groups (broad SMARTS) is 1. The number of anilines is 1. The molecule has 2 rings (SSSR count). The number of aliphatic carboxylic acids is 1. The van der Waals surface area contributed by atoms with Crippen LogP contribution in [0.4, 0.5) is 5.69 Å². The smallest absolute Gasteiger partial charge is 0.370 e. The van der Waals surface area contributed by atoms with E-state index in [1.54, 1.807) is 17.0 Å². The standard InChI is InChI=1S/C17H18N2O2.BrH/c1-18(2)16-7-5-14(6-8-16)3-4-15-9-11-19(12-10-15)13-17(20)21;/h3-12H,13H2,1-2H3;1H. The van der Waals surface area contributed by atoms with E-state index < -0.39 is 5.97 Å². The number of carboxylic acids is 1. The topological polar surface area (TPSA) is 44.4 Å². The van der Waals surface area contributed by atoms with Gasteiger partial charge in [-0.3, -0.25) is 0 Å². The van der Waals surface area contributed by atoms with Crippen molar-refractivity contribution in [2.24, 2.45) is 0 Å². The lowest BCUT2D eigenvalue weighted by molar-refractivity contribution is -0.685. The van der Waals surface area contributed by atoms with Gasteiger partial charge in [0.05, 0.1) is 0 Å². The quantitative estimate of drug-likeness (QED) is 0.715. The molecule has 2 aromatic rings. The fourth-order valence-electron chi connectivity index (χ4n) is 1.92. The average molecular weight is 363 g/mol. The number of carbonyl (C=O) groups is 1. The van der Waals surface area contributed by atoms with Gasteiger partial charge >= 0.3 is 5.97 Å². The van der Waals surface area contributed by atoms with Gasteiger partial charge in [0.25, 0.3) is 0 Å². The molecule has 0 aliphatic carbocycles. The molecule has 116 valence electrons. The van der Waals surface area contributed by atoms with E-state index >= 15 is 0 Å². The van der Waals surface area contributed by atoms with Gasteiger partial charge in [-0.2, -0.15) is 4.57 Å². The summed E-state index contributed by atoms with van der Waals surface area (Å²) >= 11 is 0. The summed E-state index contributed by atoms with van der Waals surface area (Å²) in [5.41, 5.74) is 3.33. The number of hydrogen-bond donors (Lipinski definition) is 1. The molecule has 0 fully saturated rings. The number of rotatable bonds is 5. The molecule has 0 aliphatic heterocycles. The Kier molecular flexibility index (Phi) is 6.79. The summed E-state index contributed by atoms with van der Waals surface area (Å²) in [6, 6.07) is 12.1. The molecule has 1 aromatic heterocycles. The fraction of sp³-hybridized carbons (Fsp3) is 0.176. The molecule has 0 radical (unpaired) electrons. The lowest BCUT2D eigenvalue weighted by atomic mass is 10.1. The van der Waals surface area contributed by atoms with E-state index in [1.807, 2.05) is 38.4 Å². The van der Waals surface area contributed by atoms with Crippen molar-refractivity contribution in [1.29, 1.82) is 0 Å². The number of aromatic nitrogens is 1. The molecule has 0 bridgehead atoms. The molecule has 0 amide bonds. The molecule has 0 unspecified atom stereocenters. The normalized spacial score (nSPS) is 10.3. The second-order valence-corrected chi connectivity index (χ2v) is 5.02. The first-order valence-corrected chi connectivity index (χ1v) is 6.71. The lowest BCUT2D eigenvalue weighted by Crippen LogP contribution is -3.00. The van der Waals surface area contributed by atoms with E-state index in [0.717, 1.165) is 11.1 Å². The summed E-state index contributed by atoms with van der Waals surface area (Å²) in [6.45, 7) is -0.0179. The minimum Gasteiger partial charge on any atom is -1.00 e. The zero-order chi connectivity index (χ0) is 15.2. The van der Waals surface area contributed by atoms with Gasteiger partial charge in [0.1, 0.15) is 0 Å². The summed E-state index contributed by atoms with van der Waals surface area (Å²) in [5.74, 6) is -0.843. The van der Waals surface area contributed by atoms with Gasteiger partial charge in [-0.15, -0.1) is 0 Å². The van der Waals surface area contributed by atoms with E-state index in [-0.39, 0.29) is 23.5 Å². The highest BCUT2D eigenvalue weighted by Crippen LogP contribution is 2.14. The first-order chi connectivity index (χ1) is 10.0. The van der Waals surface area contributed by atoms with E-state index in [4.69, 9.17) is 5.11 Å². The second kappa shape index (κ2) is 8.34. The third-order valence-electron chi connectivity index (χ3n) is 3.11. The number of halogens is 1. The highest BCUT2D eigenvalue weighted by atomic mass is 79.9. The zero-order valence-corrected chi connectivity index (χ0v) is 14.2. The maximum Gasteiger partial charge on any atom is 0.370 e. The van der Waals surface area contributed by atoms with Crippen molar-refractivity contribution >= 4 is 23.8 Å². The molecule has 0 saturated heterocycles. The minimum atomic E-state index is -0.843. The van der Waals surface area contributed by atoms with Gasteiger partial charge in [0, 0.05) is 31.9 Å². The molecule has 5 heteroatoms. The zero-order valence-electron chi connectivity index (χ0n) is 12.6. The summed E-state index contributed by atoms with van der Waals surface area (Å²) in [5, 5.41) is 8.71. The molecule has 22 heavy (non-hydrogen) atoms. The SMILES string of the molecule is CN(C)c1ccc(/C=C/c2cc[n+](CC(=O)O)cc2)cc1.[Br-]. The van der Waals surface area contributed by atoms with Crippen molar-refractivity contribution in [3.63, 3.8) is 0 Å². The van der Waals surface area contributed by atoms with Crippen molar-refractivity contribution in [3.8, 4) is 0 Å². The number of pyridine rings is 1. The predicted molar refractivity (Wildman–Crippen MR) is 84.0 cm³/mol. The number of hydrogen-bond acceptors (Lipinski definition) is 2. The molecule has 0 spiro atoms. The molecule has 4 nitrogen and oxygen atoms in total. The van der Waals surface area contributed by atoms with Crippen LogP contribution in [-0.2, 0) is 11.3 Å². The van der Waals surface area contributed by atoms with Gasteiger partial charge in [-0.05, 0) is 23.3 Å². The average Bonchev–Trinajstić information content (AvgIpc) is 2.46. The minimum absolute atomic E-state index is 0. The van der Waals surface area contributed by atoms with Crippen LogP contribution >= 0.6 is 0 Å². The van der Waals surface area contributed by atoms with Crippen molar-refractivity contribution < 1.29 is 31.4 Å². The monoisotopic (exact) mass is 362 g/mol. The Morgan fingerprint density at radius 1 is 1.05 bits per heavy atom. The van der Waals surface area contributed by atoms with Crippen LogP contribution in [0.3, 0.4) is 0 Å². The largest absolute Gasteiger partial charge is 1.00 e. The van der Waals surface area contributed by atoms with E-state index in [0.29, 0.717) is 0 Å². The number of nitrogens with zero attached hydrogens (tertiary/aromatic N) is 2. The Morgan fingerprint density at radius 3 is 2.00 bits per heavy atom. The molecule has 1 heterocycles. The number of benzene rings is 1. The fourth-order valence-corrected chi connectivity index (χ4v) is 1.92. The van der Waals surface area contributed by atoms with Crippen LogP contribution in [0.25, 0.3) is 12.2 Å². The summed E-state index contributed by atoms with van der Waals surface area (Å²) in [7, 11) is 4.03. The molecule has 0 aliphatic rings. The van der Waals surface area contributed by atoms with E-state index in [2.05, 4.69) is 29.2 Å².